The third kappa shape index (κ3) is 6.59. The van der Waals surface area contributed by atoms with E-state index in [-0.39, 0.29) is 0 Å². The number of carbonyl (C=O) groups excluding carboxylic acids is 2. The SMILES string of the molecule is Cc1nc(-c2ccc(NC(=O)[C@H](C)NC(=O)O)cc2)c(-c2ccc(NC(=O)[C@H](C)NC(=O)O)cc2)o1. The number of hydrogen-bond donors (Lipinski definition) is 6. The number of amides is 4. The van der Waals surface area contributed by atoms with Crippen LogP contribution in [0.3, 0.4) is 0 Å². The van der Waals surface area contributed by atoms with Gasteiger partial charge in [-0.2, -0.15) is 0 Å². The maximum absolute atomic E-state index is 12.1. The van der Waals surface area contributed by atoms with Crippen molar-refractivity contribution < 1.29 is 33.8 Å². The Labute approximate surface area is 205 Å². The fourth-order valence-corrected chi connectivity index (χ4v) is 3.24. The van der Waals surface area contributed by atoms with Gasteiger partial charge in [0.2, 0.25) is 11.8 Å². The molecule has 6 N–H and O–H groups in total. The minimum Gasteiger partial charge on any atom is -0.465 e. The maximum Gasteiger partial charge on any atom is 0.405 e. The highest BCUT2D eigenvalue weighted by molar-refractivity contribution is 5.97. The summed E-state index contributed by atoms with van der Waals surface area (Å²) in [6.07, 6.45) is -2.58. The number of anilines is 2. The number of rotatable bonds is 8. The van der Waals surface area contributed by atoms with Gasteiger partial charge in [-0.25, -0.2) is 14.6 Å². The molecule has 0 bridgehead atoms. The Bertz CT molecular complexity index is 1170. The Morgan fingerprint density at radius 2 is 1.17 bits per heavy atom. The molecule has 1 heterocycles. The van der Waals surface area contributed by atoms with Gasteiger partial charge in [0.15, 0.2) is 11.7 Å². The van der Waals surface area contributed by atoms with Gasteiger partial charge < -0.3 is 35.9 Å². The second kappa shape index (κ2) is 11.0. The second-order valence-electron chi connectivity index (χ2n) is 7.89. The van der Waals surface area contributed by atoms with Crippen LogP contribution in [0.4, 0.5) is 21.0 Å². The average Bonchev–Trinajstić information content (AvgIpc) is 3.20. The number of aryl methyl sites for hydroxylation is 1. The number of hydrogen-bond acceptors (Lipinski definition) is 6. The van der Waals surface area contributed by atoms with Gasteiger partial charge in [-0.05, 0) is 50.2 Å². The molecule has 2 aromatic carbocycles. The van der Waals surface area contributed by atoms with Crippen molar-refractivity contribution in [2.45, 2.75) is 32.9 Å². The van der Waals surface area contributed by atoms with Crippen molar-refractivity contribution in [3.05, 3.63) is 54.4 Å². The van der Waals surface area contributed by atoms with Crippen molar-refractivity contribution in [1.29, 1.82) is 0 Å². The quantitative estimate of drug-likeness (QED) is 0.274. The van der Waals surface area contributed by atoms with Crippen molar-refractivity contribution >= 4 is 35.4 Å². The zero-order chi connectivity index (χ0) is 26.4. The molecule has 3 rings (SSSR count). The Hall–Kier alpha value is -4.87. The summed E-state index contributed by atoms with van der Waals surface area (Å²) in [6.45, 7) is 4.59. The molecule has 4 amide bonds. The van der Waals surface area contributed by atoms with Gasteiger partial charge in [0.25, 0.3) is 0 Å². The Morgan fingerprint density at radius 3 is 1.58 bits per heavy atom. The van der Waals surface area contributed by atoms with Crippen LogP contribution in [0.5, 0.6) is 0 Å². The van der Waals surface area contributed by atoms with E-state index in [0.717, 1.165) is 5.56 Å². The summed E-state index contributed by atoms with van der Waals surface area (Å²) in [5, 5.41) is 26.9. The molecule has 0 fully saturated rings. The fourth-order valence-electron chi connectivity index (χ4n) is 3.24. The normalized spacial score (nSPS) is 12.2. The number of aromatic nitrogens is 1. The number of nitrogens with zero attached hydrogens (tertiary/aromatic N) is 1. The molecule has 1 aromatic heterocycles. The van der Waals surface area contributed by atoms with E-state index in [1.807, 2.05) is 0 Å². The Balaban J connectivity index is 1.74. The highest BCUT2D eigenvalue weighted by Crippen LogP contribution is 2.33. The van der Waals surface area contributed by atoms with E-state index < -0.39 is 36.1 Å². The molecule has 12 nitrogen and oxygen atoms in total. The number of oxazole rings is 1. The topological polar surface area (TPSA) is 183 Å². The van der Waals surface area contributed by atoms with Crippen molar-refractivity contribution in [2.75, 3.05) is 10.6 Å². The van der Waals surface area contributed by atoms with Crippen LogP contribution < -0.4 is 21.3 Å². The van der Waals surface area contributed by atoms with Gasteiger partial charge in [-0.1, -0.05) is 12.1 Å². The molecule has 0 aliphatic carbocycles. The number of benzene rings is 2. The van der Waals surface area contributed by atoms with E-state index in [4.69, 9.17) is 14.6 Å². The van der Waals surface area contributed by atoms with Gasteiger partial charge in [0.05, 0.1) is 0 Å². The summed E-state index contributed by atoms with van der Waals surface area (Å²) in [5.41, 5.74) is 2.96. The van der Waals surface area contributed by atoms with Gasteiger partial charge in [-0.3, -0.25) is 9.59 Å². The summed E-state index contributed by atoms with van der Waals surface area (Å²) in [5.74, 6) is -0.0515. The first-order valence-electron chi connectivity index (χ1n) is 10.8. The second-order valence-corrected chi connectivity index (χ2v) is 7.89. The fraction of sp³-hybridized carbons (Fsp3) is 0.208. The van der Waals surface area contributed by atoms with Crippen LogP contribution in [0, 0.1) is 6.92 Å². The first-order chi connectivity index (χ1) is 17.0. The first-order valence-corrected chi connectivity index (χ1v) is 10.8. The summed E-state index contributed by atoms with van der Waals surface area (Å²) in [4.78, 5) is 50.1. The zero-order valence-corrected chi connectivity index (χ0v) is 19.7. The van der Waals surface area contributed by atoms with Crippen molar-refractivity contribution in [3.8, 4) is 22.6 Å². The molecular formula is C24H25N5O7. The highest BCUT2D eigenvalue weighted by atomic mass is 16.4. The lowest BCUT2D eigenvalue weighted by Gasteiger charge is -2.12. The molecule has 3 aromatic rings. The minimum atomic E-state index is -1.29. The monoisotopic (exact) mass is 495 g/mol. The van der Waals surface area contributed by atoms with Crippen molar-refractivity contribution in [1.82, 2.24) is 15.6 Å². The number of nitrogens with one attached hydrogen (secondary N) is 4. The molecule has 0 saturated carbocycles. The van der Waals surface area contributed by atoms with E-state index in [1.54, 1.807) is 55.5 Å². The van der Waals surface area contributed by atoms with Crippen LogP contribution in [0.15, 0.2) is 52.9 Å². The smallest absolute Gasteiger partial charge is 0.405 e. The summed E-state index contributed by atoms with van der Waals surface area (Å²) in [6, 6.07) is 11.8. The van der Waals surface area contributed by atoms with Crippen LogP contribution in [0.25, 0.3) is 22.6 Å². The predicted molar refractivity (Wildman–Crippen MR) is 131 cm³/mol. The van der Waals surface area contributed by atoms with Crippen molar-refractivity contribution in [2.24, 2.45) is 0 Å². The lowest BCUT2D eigenvalue weighted by molar-refractivity contribution is -0.118. The van der Waals surface area contributed by atoms with E-state index in [0.29, 0.717) is 34.3 Å². The lowest BCUT2D eigenvalue weighted by atomic mass is 10.0. The van der Waals surface area contributed by atoms with E-state index in [9.17, 15) is 19.2 Å². The first kappa shape index (κ1) is 25.7. The molecule has 36 heavy (non-hydrogen) atoms. The van der Waals surface area contributed by atoms with Gasteiger partial charge in [0, 0.05) is 29.4 Å². The molecule has 12 heteroatoms. The molecule has 188 valence electrons. The third-order valence-corrected chi connectivity index (χ3v) is 5.04. The maximum atomic E-state index is 12.1. The number of carbonyl (C=O) groups is 4. The van der Waals surface area contributed by atoms with Crippen LogP contribution in [-0.4, -0.2) is 51.3 Å². The molecule has 0 unspecified atom stereocenters. The third-order valence-electron chi connectivity index (χ3n) is 5.04. The van der Waals surface area contributed by atoms with E-state index in [2.05, 4.69) is 26.3 Å². The molecule has 0 radical (unpaired) electrons. The zero-order valence-electron chi connectivity index (χ0n) is 19.7. The number of carboxylic acid groups (broad SMARTS) is 2. The van der Waals surface area contributed by atoms with Gasteiger partial charge >= 0.3 is 12.2 Å². The van der Waals surface area contributed by atoms with Crippen molar-refractivity contribution in [3.63, 3.8) is 0 Å². The standard InChI is InChI=1S/C24H25N5O7/c1-12(25-23(32)33)21(30)28-17-8-4-15(5-9-17)19-20(36-14(3)27-19)16-6-10-18(11-7-16)29-22(31)13(2)26-24(34)35/h4-13,25-26H,1-3H3,(H,28,30)(H,29,31)(H,32,33)(H,34,35)/t12-,13-/m0/s1. The summed E-state index contributed by atoms with van der Waals surface area (Å²) in [7, 11) is 0. The van der Waals surface area contributed by atoms with E-state index in [1.165, 1.54) is 13.8 Å². The van der Waals surface area contributed by atoms with Crippen LogP contribution in [0.1, 0.15) is 19.7 Å². The lowest BCUT2D eigenvalue weighted by Crippen LogP contribution is -2.40. The molecule has 2 atom stereocenters. The van der Waals surface area contributed by atoms with Gasteiger partial charge in [-0.15, -0.1) is 0 Å². The molecule has 0 aliphatic heterocycles. The molecule has 0 spiro atoms. The minimum absolute atomic E-state index is 0.442. The van der Waals surface area contributed by atoms with Crippen LogP contribution >= 0.6 is 0 Å². The van der Waals surface area contributed by atoms with Gasteiger partial charge in [0.1, 0.15) is 17.8 Å². The Morgan fingerprint density at radius 1 is 0.750 bits per heavy atom. The highest BCUT2D eigenvalue weighted by Gasteiger charge is 2.18. The Kier molecular flexibility index (Phi) is 7.89. The van der Waals surface area contributed by atoms with Crippen LogP contribution in [-0.2, 0) is 9.59 Å². The molecular weight excluding hydrogens is 470 g/mol. The summed E-state index contributed by atoms with van der Waals surface area (Å²) < 4.78 is 5.81. The van der Waals surface area contributed by atoms with E-state index >= 15 is 0 Å². The largest absolute Gasteiger partial charge is 0.465 e. The predicted octanol–water partition coefficient (Wildman–Crippen LogP) is 3.51. The summed E-state index contributed by atoms with van der Waals surface area (Å²) >= 11 is 0. The van der Waals surface area contributed by atoms with Crippen LogP contribution in [0.2, 0.25) is 0 Å². The molecule has 0 saturated heterocycles. The molecule has 0 aliphatic rings. The average molecular weight is 495 g/mol.